The van der Waals surface area contributed by atoms with Gasteiger partial charge in [-0.1, -0.05) is 12.1 Å². The molecule has 0 spiro atoms. The molecule has 0 radical (unpaired) electrons. The maximum Gasteiger partial charge on any atom is 0.222 e. The molecule has 0 unspecified atom stereocenters. The third-order valence-corrected chi connectivity index (χ3v) is 4.58. The van der Waals surface area contributed by atoms with Crippen LogP contribution in [0.2, 0.25) is 0 Å². The van der Waals surface area contributed by atoms with E-state index in [0.717, 1.165) is 44.7 Å². The zero-order valence-electron chi connectivity index (χ0n) is 15.0. The highest BCUT2D eigenvalue weighted by molar-refractivity contribution is 5.81. The predicted octanol–water partition coefficient (Wildman–Crippen LogP) is 2.92. The molecule has 2 N–H and O–H groups in total. The minimum Gasteiger partial charge on any atom is -0.369 e. The van der Waals surface area contributed by atoms with Gasteiger partial charge >= 0.3 is 0 Å². The van der Waals surface area contributed by atoms with Crippen LogP contribution in [0.25, 0.3) is 0 Å². The molecule has 5 heteroatoms. The fourth-order valence-corrected chi connectivity index (χ4v) is 3.06. The van der Waals surface area contributed by atoms with Crippen molar-refractivity contribution in [2.45, 2.75) is 46.0 Å². The molecule has 0 atom stereocenters. The largest absolute Gasteiger partial charge is 0.369 e. The minimum atomic E-state index is 0.250. The van der Waals surface area contributed by atoms with Gasteiger partial charge in [0.2, 0.25) is 5.91 Å². The van der Waals surface area contributed by atoms with Crippen LogP contribution in [0.3, 0.4) is 0 Å². The third-order valence-electron chi connectivity index (χ3n) is 4.58. The van der Waals surface area contributed by atoms with Gasteiger partial charge in [0.15, 0.2) is 5.96 Å². The first kappa shape index (κ1) is 18.3. The number of amides is 1. The van der Waals surface area contributed by atoms with Crippen molar-refractivity contribution in [3.8, 4) is 0 Å². The molecular formula is C19H30N4O. The van der Waals surface area contributed by atoms with Crippen molar-refractivity contribution in [3.63, 3.8) is 0 Å². The molecule has 24 heavy (non-hydrogen) atoms. The first-order chi connectivity index (χ1) is 11.6. The summed E-state index contributed by atoms with van der Waals surface area (Å²) < 4.78 is 0. The molecule has 2 rings (SSSR count). The number of guanidine groups is 1. The molecule has 0 bridgehead atoms. The third kappa shape index (κ3) is 5.25. The van der Waals surface area contributed by atoms with Crippen molar-refractivity contribution in [1.82, 2.24) is 9.80 Å². The van der Waals surface area contributed by atoms with Crippen LogP contribution in [0.4, 0.5) is 5.69 Å². The molecule has 1 aliphatic rings. The fraction of sp³-hybridized carbons (Fsp3) is 0.579. The Balaban J connectivity index is 1.81. The summed E-state index contributed by atoms with van der Waals surface area (Å²) >= 11 is 0. The summed E-state index contributed by atoms with van der Waals surface area (Å²) in [4.78, 5) is 20.5. The Labute approximate surface area is 145 Å². The number of likely N-dealkylation sites (tertiary alicyclic amines) is 1. The van der Waals surface area contributed by atoms with Crippen molar-refractivity contribution in [2.24, 2.45) is 10.7 Å². The average molecular weight is 330 g/mol. The number of hydrogen-bond donors (Lipinski definition) is 1. The van der Waals surface area contributed by atoms with Gasteiger partial charge in [-0.2, -0.15) is 0 Å². The van der Waals surface area contributed by atoms with Crippen LogP contribution in [0.5, 0.6) is 0 Å². The Morgan fingerprint density at radius 1 is 1.17 bits per heavy atom. The van der Waals surface area contributed by atoms with Gasteiger partial charge < -0.3 is 15.5 Å². The number of aliphatic imine (C=N–C) groups is 1. The van der Waals surface area contributed by atoms with Crippen LogP contribution in [0, 0.1) is 0 Å². The van der Waals surface area contributed by atoms with Crippen molar-refractivity contribution in [3.05, 3.63) is 29.8 Å². The number of aryl methyl sites for hydroxylation is 1. The average Bonchev–Trinajstić information content (AvgIpc) is 3.12. The van der Waals surface area contributed by atoms with E-state index in [1.807, 2.05) is 30.9 Å². The highest BCUT2D eigenvalue weighted by Crippen LogP contribution is 2.16. The van der Waals surface area contributed by atoms with Crippen LogP contribution < -0.4 is 5.73 Å². The topological polar surface area (TPSA) is 61.9 Å². The molecule has 1 aromatic carbocycles. The first-order valence-corrected chi connectivity index (χ1v) is 9.09. The van der Waals surface area contributed by atoms with Gasteiger partial charge in [0, 0.05) is 32.6 Å². The summed E-state index contributed by atoms with van der Waals surface area (Å²) in [5.41, 5.74) is 8.18. The lowest BCUT2D eigenvalue weighted by molar-refractivity contribution is -0.130. The minimum absolute atomic E-state index is 0.250. The summed E-state index contributed by atoms with van der Waals surface area (Å²) in [5.74, 6) is 0.865. The van der Waals surface area contributed by atoms with E-state index in [4.69, 9.17) is 5.73 Å². The normalized spacial score (nSPS) is 14.9. The van der Waals surface area contributed by atoms with Crippen LogP contribution >= 0.6 is 0 Å². The number of nitrogens with two attached hydrogens (primary N) is 1. The maximum absolute atomic E-state index is 12.0. The van der Waals surface area contributed by atoms with Gasteiger partial charge in [-0.25, -0.2) is 4.99 Å². The second-order valence-electron chi connectivity index (χ2n) is 6.25. The fourth-order valence-electron chi connectivity index (χ4n) is 3.06. The van der Waals surface area contributed by atoms with Crippen molar-refractivity contribution >= 4 is 17.6 Å². The molecule has 0 aliphatic carbocycles. The molecule has 5 nitrogen and oxygen atoms in total. The zero-order chi connectivity index (χ0) is 17.4. The molecule has 132 valence electrons. The lowest BCUT2D eigenvalue weighted by Crippen LogP contribution is -2.34. The smallest absolute Gasteiger partial charge is 0.222 e. The van der Waals surface area contributed by atoms with E-state index >= 15 is 0 Å². The maximum atomic E-state index is 12.0. The molecule has 1 aliphatic heterocycles. The van der Waals surface area contributed by atoms with Crippen LogP contribution in [0.15, 0.2) is 29.3 Å². The molecule has 0 aromatic heterocycles. The number of carbonyl (C=O) groups excluding carboxylic acids is 1. The van der Waals surface area contributed by atoms with Crippen molar-refractivity contribution < 1.29 is 4.79 Å². The highest BCUT2D eigenvalue weighted by atomic mass is 16.2. The SMILES string of the molecule is CCN(CC)C(=O)CCCc1ccc(N=C(N)N2CCCC2)cc1. The Hall–Kier alpha value is -2.04. The standard InChI is InChI=1S/C19H30N4O/c1-3-22(4-2)18(24)9-7-8-16-10-12-17(13-11-16)21-19(20)23-14-5-6-15-23/h10-13H,3-9,14-15H2,1-2H3,(H2,20,21). The van der Waals surface area contributed by atoms with E-state index in [0.29, 0.717) is 12.4 Å². The van der Waals surface area contributed by atoms with Gasteiger partial charge in [-0.15, -0.1) is 0 Å². The number of hydrogen-bond acceptors (Lipinski definition) is 2. The van der Waals surface area contributed by atoms with Crippen LogP contribution in [-0.2, 0) is 11.2 Å². The molecular weight excluding hydrogens is 300 g/mol. The Morgan fingerprint density at radius 3 is 2.38 bits per heavy atom. The van der Waals surface area contributed by atoms with Gasteiger partial charge in [-0.3, -0.25) is 4.79 Å². The van der Waals surface area contributed by atoms with Crippen molar-refractivity contribution in [1.29, 1.82) is 0 Å². The van der Waals surface area contributed by atoms with E-state index in [1.165, 1.54) is 18.4 Å². The van der Waals surface area contributed by atoms with E-state index in [2.05, 4.69) is 22.0 Å². The Bertz CT molecular complexity index is 543. The highest BCUT2D eigenvalue weighted by Gasteiger charge is 2.13. The quantitative estimate of drug-likeness (QED) is 0.617. The van der Waals surface area contributed by atoms with Crippen LogP contribution in [0.1, 0.15) is 45.1 Å². The molecule has 1 amide bonds. The summed E-state index contributed by atoms with van der Waals surface area (Å²) in [5, 5.41) is 0. The first-order valence-electron chi connectivity index (χ1n) is 9.09. The summed E-state index contributed by atoms with van der Waals surface area (Å²) in [6, 6.07) is 8.17. The number of carbonyl (C=O) groups is 1. The van der Waals surface area contributed by atoms with Crippen molar-refractivity contribution in [2.75, 3.05) is 26.2 Å². The second kappa shape index (κ2) is 9.30. The zero-order valence-corrected chi connectivity index (χ0v) is 15.0. The number of benzene rings is 1. The van der Waals surface area contributed by atoms with Gasteiger partial charge in [-0.05, 0) is 57.2 Å². The summed E-state index contributed by atoms with van der Waals surface area (Å²) in [6.07, 6.45) is 4.80. The van der Waals surface area contributed by atoms with Gasteiger partial charge in [0.25, 0.3) is 0 Å². The molecule has 1 heterocycles. The van der Waals surface area contributed by atoms with Gasteiger partial charge in [0.1, 0.15) is 0 Å². The molecule has 1 aromatic rings. The van der Waals surface area contributed by atoms with E-state index in [1.54, 1.807) is 0 Å². The predicted molar refractivity (Wildman–Crippen MR) is 99.4 cm³/mol. The number of nitrogens with zero attached hydrogens (tertiary/aromatic N) is 3. The number of rotatable bonds is 7. The Kier molecular flexibility index (Phi) is 7.09. The summed E-state index contributed by atoms with van der Waals surface area (Å²) in [6.45, 7) is 7.64. The molecule has 1 fully saturated rings. The van der Waals surface area contributed by atoms with E-state index in [9.17, 15) is 4.79 Å². The second-order valence-corrected chi connectivity index (χ2v) is 6.25. The Morgan fingerprint density at radius 2 is 1.79 bits per heavy atom. The molecule has 0 saturated carbocycles. The van der Waals surface area contributed by atoms with E-state index < -0.39 is 0 Å². The lowest BCUT2D eigenvalue weighted by Gasteiger charge is -2.18. The molecule has 1 saturated heterocycles. The summed E-state index contributed by atoms with van der Waals surface area (Å²) in [7, 11) is 0. The van der Waals surface area contributed by atoms with Crippen LogP contribution in [-0.4, -0.2) is 47.8 Å². The lowest BCUT2D eigenvalue weighted by atomic mass is 10.1. The van der Waals surface area contributed by atoms with Gasteiger partial charge in [0.05, 0.1) is 5.69 Å². The monoisotopic (exact) mass is 330 g/mol. The van der Waals surface area contributed by atoms with E-state index in [-0.39, 0.29) is 5.91 Å².